The van der Waals surface area contributed by atoms with E-state index < -0.39 is 11.7 Å². The van der Waals surface area contributed by atoms with Crippen molar-refractivity contribution < 1.29 is 14.6 Å². The quantitative estimate of drug-likeness (QED) is 0.218. The van der Waals surface area contributed by atoms with E-state index in [2.05, 4.69) is 5.32 Å². The molecule has 0 aromatic heterocycles. The molecule has 1 rings (SSSR count). The lowest BCUT2D eigenvalue weighted by atomic mass is 10.0. The van der Waals surface area contributed by atoms with Crippen molar-refractivity contribution in [1.82, 2.24) is 5.32 Å². The summed E-state index contributed by atoms with van der Waals surface area (Å²) in [6.45, 7) is 3.03. The zero-order chi connectivity index (χ0) is 15.3. The van der Waals surface area contributed by atoms with Gasteiger partial charge in [-0.1, -0.05) is 23.7 Å². The highest BCUT2D eigenvalue weighted by atomic mass is 35.5. The second-order valence-corrected chi connectivity index (χ2v) is 4.74. The number of carbonyl (C=O) groups is 1. The normalized spacial score (nSPS) is 14.2. The third-order valence-corrected chi connectivity index (χ3v) is 2.83. The van der Waals surface area contributed by atoms with Crippen LogP contribution in [-0.4, -0.2) is 17.0 Å². The Balaban J connectivity index is 3.09. The topological polar surface area (TPSA) is 108 Å². The van der Waals surface area contributed by atoms with Crippen molar-refractivity contribution in [3.63, 3.8) is 0 Å². The Hall–Kier alpha value is -2.21. The number of rotatable bonds is 5. The van der Waals surface area contributed by atoms with E-state index in [1.54, 1.807) is 31.2 Å². The molecule has 1 aromatic rings. The molecule has 0 bridgehead atoms. The number of nitrogens with one attached hydrogen (secondary N) is 2. The first-order chi connectivity index (χ1) is 9.24. The van der Waals surface area contributed by atoms with Crippen molar-refractivity contribution in [2.24, 2.45) is 5.73 Å². The van der Waals surface area contributed by atoms with Crippen molar-refractivity contribution in [2.75, 3.05) is 0 Å². The number of benzene rings is 1. The summed E-state index contributed by atoms with van der Waals surface area (Å²) >= 11 is 5.82. The molecule has 6 nitrogen and oxygen atoms in total. The predicted molar refractivity (Wildman–Crippen MR) is 76.3 cm³/mol. The smallest absolute Gasteiger partial charge is 0.334 e. The van der Waals surface area contributed by atoms with Gasteiger partial charge in [-0.05, 0) is 26.0 Å². The number of ether oxygens (including phenoxy) is 1. The second-order valence-electron chi connectivity index (χ2n) is 4.30. The maximum Gasteiger partial charge on any atom is 0.334 e. The zero-order valence-electron chi connectivity index (χ0n) is 11.1. The van der Waals surface area contributed by atoms with Crippen LogP contribution < -0.4 is 11.1 Å². The highest BCUT2D eigenvalue weighted by Crippen LogP contribution is 2.24. The molecule has 7 heteroatoms. The van der Waals surface area contributed by atoms with Crippen LogP contribution in [0.4, 0.5) is 0 Å². The molecule has 0 spiro atoms. The van der Waals surface area contributed by atoms with Gasteiger partial charge in [-0.2, -0.15) is 0 Å². The lowest BCUT2D eigenvalue weighted by molar-refractivity contribution is -0.132. The lowest BCUT2D eigenvalue weighted by Crippen LogP contribution is -2.47. The van der Waals surface area contributed by atoms with Crippen LogP contribution >= 0.6 is 11.6 Å². The molecule has 108 valence electrons. The first-order valence-corrected chi connectivity index (χ1v) is 6.08. The molecule has 1 unspecified atom stereocenters. The molecular weight excluding hydrogens is 282 g/mol. The second kappa shape index (κ2) is 6.29. The largest absolute Gasteiger partial charge is 0.478 e. The Bertz CT molecular complexity index is 542. The van der Waals surface area contributed by atoms with E-state index in [1.165, 1.54) is 6.92 Å². The Kier molecular flexibility index (Phi) is 4.99. The van der Waals surface area contributed by atoms with Gasteiger partial charge in [-0.25, -0.2) is 4.79 Å². The third-order valence-electron chi connectivity index (χ3n) is 2.58. The fourth-order valence-electron chi connectivity index (χ4n) is 1.45. The van der Waals surface area contributed by atoms with Crippen LogP contribution in [0.1, 0.15) is 19.4 Å². The average molecular weight is 298 g/mol. The molecule has 0 heterocycles. The first kappa shape index (κ1) is 15.8. The molecule has 0 amide bonds. The molecule has 0 aliphatic carbocycles. The van der Waals surface area contributed by atoms with E-state index in [4.69, 9.17) is 32.6 Å². The number of halogens is 1. The van der Waals surface area contributed by atoms with Gasteiger partial charge in [0.2, 0.25) is 5.72 Å². The van der Waals surface area contributed by atoms with Gasteiger partial charge in [0.1, 0.15) is 0 Å². The molecule has 1 atom stereocenters. The standard InChI is InChI=1S/C13H16ClN3O3/c1-8(11(18)19)7-20-13(2,17-12(15)16)9-3-5-10(14)6-4-9/h3-7H,1-2H3,(H,18,19)(H4,15,16,17). The molecule has 20 heavy (non-hydrogen) atoms. The summed E-state index contributed by atoms with van der Waals surface area (Å²) in [5.74, 6) is -1.39. The zero-order valence-corrected chi connectivity index (χ0v) is 11.9. The maximum absolute atomic E-state index is 10.8. The molecule has 0 radical (unpaired) electrons. The first-order valence-electron chi connectivity index (χ1n) is 5.71. The number of hydrogen-bond acceptors (Lipinski definition) is 3. The molecule has 0 aliphatic heterocycles. The minimum Gasteiger partial charge on any atom is -0.478 e. The van der Waals surface area contributed by atoms with Crippen molar-refractivity contribution in [3.05, 3.63) is 46.7 Å². The van der Waals surface area contributed by atoms with E-state index in [0.717, 1.165) is 6.26 Å². The van der Waals surface area contributed by atoms with Crippen LogP contribution in [0.2, 0.25) is 5.02 Å². The van der Waals surface area contributed by atoms with Crippen LogP contribution in [0.3, 0.4) is 0 Å². The van der Waals surface area contributed by atoms with Crippen molar-refractivity contribution >= 4 is 23.5 Å². The predicted octanol–water partition coefficient (Wildman–Crippen LogP) is 2.00. The van der Waals surface area contributed by atoms with Gasteiger partial charge < -0.3 is 20.9 Å². The molecule has 0 fully saturated rings. The van der Waals surface area contributed by atoms with Gasteiger partial charge in [0.15, 0.2) is 5.96 Å². The summed E-state index contributed by atoms with van der Waals surface area (Å²) in [7, 11) is 0. The van der Waals surface area contributed by atoms with Gasteiger partial charge >= 0.3 is 5.97 Å². The summed E-state index contributed by atoms with van der Waals surface area (Å²) in [5.41, 5.74) is 4.84. The van der Waals surface area contributed by atoms with Gasteiger partial charge in [-0.15, -0.1) is 0 Å². The summed E-state index contributed by atoms with van der Waals surface area (Å²) < 4.78 is 5.47. The molecule has 0 saturated carbocycles. The van der Waals surface area contributed by atoms with E-state index in [-0.39, 0.29) is 11.5 Å². The number of guanidine groups is 1. The fourth-order valence-corrected chi connectivity index (χ4v) is 1.58. The Morgan fingerprint density at radius 3 is 2.50 bits per heavy atom. The number of carboxylic acid groups (broad SMARTS) is 1. The summed E-state index contributed by atoms with van der Waals surface area (Å²) in [4.78, 5) is 10.8. The molecule has 0 saturated heterocycles. The summed E-state index contributed by atoms with van der Waals surface area (Å²) in [5, 5.41) is 19.3. The Morgan fingerprint density at radius 1 is 1.50 bits per heavy atom. The molecule has 0 aliphatic rings. The molecule has 1 aromatic carbocycles. The van der Waals surface area contributed by atoms with Gasteiger partial charge in [0.05, 0.1) is 11.8 Å². The van der Waals surface area contributed by atoms with E-state index >= 15 is 0 Å². The van der Waals surface area contributed by atoms with Crippen LogP contribution in [0.5, 0.6) is 0 Å². The Labute approximate surface area is 121 Å². The average Bonchev–Trinajstić information content (AvgIpc) is 2.35. The SMILES string of the molecule is CC(=COC(C)(NC(=N)N)c1ccc(Cl)cc1)C(=O)O. The van der Waals surface area contributed by atoms with Crippen molar-refractivity contribution in [1.29, 1.82) is 5.41 Å². The maximum atomic E-state index is 10.8. The molecular formula is C13H16ClN3O3. The fraction of sp³-hybridized carbons (Fsp3) is 0.231. The van der Waals surface area contributed by atoms with E-state index in [1.807, 2.05) is 0 Å². The minimum atomic E-state index is -1.17. The molecule has 5 N–H and O–H groups in total. The van der Waals surface area contributed by atoms with Crippen LogP contribution in [0.15, 0.2) is 36.1 Å². The van der Waals surface area contributed by atoms with Crippen LogP contribution in [-0.2, 0) is 15.3 Å². The van der Waals surface area contributed by atoms with Crippen molar-refractivity contribution in [2.45, 2.75) is 19.6 Å². The summed E-state index contributed by atoms with van der Waals surface area (Å²) in [6, 6.07) is 6.71. The van der Waals surface area contributed by atoms with E-state index in [9.17, 15) is 4.79 Å². The lowest BCUT2D eigenvalue weighted by Gasteiger charge is -2.30. The highest BCUT2D eigenvalue weighted by molar-refractivity contribution is 6.30. The minimum absolute atomic E-state index is 0.0236. The number of aliphatic carboxylic acids is 1. The monoisotopic (exact) mass is 297 g/mol. The van der Waals surface area contributed by atoms with Crippen LogP contribution in [0, 0.1) is 5.41 Å². The van der Waals surface area contributed by atoms with Gasteiger partial charge in [0, 0.05) is 10.6 Å². The number of carboxylic acids is 1. The van der Waals surface area contributed by atoms with Gasteiger partial charge in [-0.3, -0.25) is 5.41 Å². The summed E-state index contributed by atoms with van der Waals surface area (Å²) in [6.07, 6.45) is 1.10. The highest BCUT2D eigenvalue weighted by Gasteiger charge is 2.28. The number of nitrogens with two attached hydrogens (primary N) is 1. The Morgan fingerprint density at radius 2 is 2.05 bits per heavy atom. The van der Waals surface area contributed by atoms with Crippen molar-refractivity contribution in [3.8, 4) is 0 Å². The van der Waals surface area contributed by atoms with Gasteiger partial charge in [0.25, 0.3) is 0 Å². The van der Waals surface area contributed by atoms with E-state index in [0.29, 0.717) is 10.6 Å². The number of hydrogen-bond donors (Lipinski definition) is 4. The third kappa shape index (κ3) is 4.17. The van der Waals surface area contributed by atoms with Crippen LogP contribution in [0.25, 0.3) is 0 Å².